The van der Waals surface area contributed by atoms with Crippen LogP contribution in [0.2, 0.25) is 0 Å². The first-order valence-corrected chi connectivity index (χ1v) is 22.8. The predicted molar refractivity (Wildman–Crippen MR) is 271 cm³/mol. The molecule has 0 aliphatic heterocycles. The number of benzene rings is 10. The van der Waals surface area contributed by atoms with Gasteiger partial charge in [-0.15, -0.1) is 0 Å². The zero-order chi connectivity index (χ0) is 43.3. The average molecular weight is 828 g/mol. The van der Waals surface area contributed by atoms with E-state index in [0.717, 1.165) is 11.4 Å². The van der Waals surface area contributed by atoms with E-state index in [2.05, 4.69) is 255 Å². The molecule has 3 aliphatic rings. The van der Waals surface area contributed by atoms with Crippen molar-refractivity contribution in [2.24, 2.45) is 0 Å². The molecule has 1 unspecified atom stereocenters. The Morgan fingerprint density at radius 1 is 0.277 bits per heavy atom. The number of fused-ring (bicyclic) bond motifs is 13. The Balaban J connectivity index is 1.05. The van der Waals surface area contributed by atoms with Gasteiger partial charge in [-0.1, -0.05) is 214 Å². The molecular weight excluding hydrogens is 783 g/mol. The van der Waals surface area contributed by atoms with Gasteiger partial charge in [0.05, 0.1) is 11.1 Å². The highest BCUT2D eigenvalue weighted by molar-refractivity contribution is 6.00. The molecule has 0 radical (unpaired) electrons. The number of hydrogen-bond donors (Lipinski definition) is 0. The molecule has 0 bridgehead atoms. The van der Waals surface area contributed by atoms with Crippen molar-refractivity contribution in [3.05, 3.63) is 270 Å². The zero-order valence-electron chi connectivity index (χ0n) is 36.5. The Hall–Kier alpha value is -8.00. The van der Waals surface area contributed by atoms with E-state index in [9.17, 15) is 0 Å². The van der Waals surface area contributed by atoms with Crippen LogP contribution in [0.25, 0.3) is 66.8 Å². The maximum Gasteiger partial charge on any atom is 0.0746 e. The van der Waals surface area contributed by atoms with Crippen molar-refractivity contribution in [2.45, 2.75) is 24.7 Å². The first-order valence-electron chi connectivity index (χ1n) is 22.8. The van der Waals surface area contributed by atoms with Gasteiger partial charge in [0, 0.05) is 22.4 Å². The first-order chi connectivity index (χ1) is 32.0. The highest BCUT2D eigenvalue weighted by Crippen LogP contribution is 2.66. The van der Waals surface area contributed by atoms with Crippen molar-refractivity contribution in [3.63, 3.8) is 0 Å². The molecule has 306 valence electrons. The third-order valence-electron chi connectivity index (χ3n) is 14.7. The smallest absolute Gasteiger partial charge is 0.0746 e. The molecular formula is C64H45N. The minimum atomic E-state index is -0.565. The summed E-state index contributed by atoms with van der Waals surface area (Å²) in [4.78, 5) is 2.55. The summed E-state index contributed by atoms with van der Waals surface area (Å²) < 4.78 is 0. The molecule has 1 heteroatoms. The molecule has 0 N–H and O–H groups in total. The van der Waals surface area contributed by atoms with Crippen molar-refractivity contribution < 1.29 is 0 Å². The Morgan fingerprint density at radius 2 is 0.692 bits per heavy atom. The second-order valence-electron chi connectivity index (χ2n) is 18.4. The van der Waals surface area contributed by atoms with Crippen LogP contribution in [0.15, 0.2) is 237 Å². The molecule has 3 aliphatic carbocycles. The van der Waals surface area contributed by atoms with Crippen molar-refractivity contribution in [1.29, 1.82) is 0 Å². The zero-order valence-corrected chi connectivity index (χ0v) is 36.5. The van der Waals surface area contributed by atoms with E-state index in [0.29, 0.717) is 0 Å². The van der Waals surface area contributed by atoms with Crippen LogP contribution in [0.1, 0.15) is 47.2 Å². The molecule has 1 nitrogen and oxygen atoms in total. The first kappa shape index (κ1) is 37.5. The average Bonchev–Trinajstić information content (AvgIpc) is 3.93. The molecule has 13 rings (SSSR count). The van der Waals surface area contributed by atoms with Gasteiger partial charge in [-0.3, -0.25) is 0 Å². The van der Waals surface area contributed by atoms with E-state index in [4.69, 9.17) is 0 Å². The second kappa shape index (κ2) is 14.3. The summed E-state index contributed by atoms with van der Waals surface area (Å²) in [5.41, 5.74) is 25.9. The highest BCUT2D eigenvalue weighted by atomic mass is 15.1. The summed E-state index contributed by atoms with van der Waals surface area (Å²) in [7, 11) is 0. The minimum Gasteiger partial charge on any atom is -0.310 e. The summed E-state index contributed by atoms with van der Waals surface area (Å²) in [6, 6.07) is 88.3. The van der Waals surface area contributed by atoms with Crippen molar-refractivity contribution >= 4 is 17.1 Å². The monoisotopic (exact) mass is 827 g/mol. The Kier molecular flexibility index (Phi) is 8.24. The topological polar surface area (TPSA) is 3.24 Å². The lowest BCUT2D eigenvalue weighted by atomic mass is 9.69. The third-order valence-corrected chi connectivity index (χ3v) is 14.7. The largest absolute Gasteiger partial charge is 0.310 e. The standard InChI is InChI=1S/C64H45N/c1-63(2)56-24-12-9-20-50(56)53-39-37-49(41-59(53)63)65(48-35-32-46(33-36-48)45-30-28-44(29-31-45)42-16-5-3-6-17-42)61-27-15-23-55-52-22-11-14-26-58(52)64(62(55)61)57-25-13-10-21-51(57)54-38-34-47(40-60(54)64)43-18-7-4-8-19-43/h3-41H,1-2H3. The maximum absolute atomic E-state index is 2.55. The summed E-state index contributed by atoms with van der Waals surface area (Å²) in [6.45, 7) is 4.76. The lowest BCUT2D eigenvalue weighted by Gasteiger charge is -2.36. The van der Waals surface area contributed by atoms with Crippen LogP contribution in [0.5, 0.6) is 0 Å². The molecule has 0 aromatic heterocycles. The van der Waals surface area contributed by atoms with E-state index in [1.807, 2.05) is 0 Å². The second-order valence-corrected chi connectivity index (χ2v) is 18.4. The normalized spacial score (nSPS) is 15.4. The van der Waals surface area contributed by atoms with Crippen molar-refractivity contribution in [2.75, 3.05) is 4.90 Å². The fourth-order valence-electron chi connectivity index (χ4n) is 11.7. The fraction of sp³-hybridized carbons (Fsp3) is 0.0625. The predicted octanol–water partition coefficient (Wildman–Crippen LogP) is 16.8. The summed E-state index contributed by atoms with van der Waals surface area (Å²) in [6.07, 6.45) is 0. The van der Waals surface area contributed by atoms with Gasteiger partial charge in [0.2, 0.25) is 0 Å². The molecule has 10 aromatic carbocycles. The fourth-order valence-corrected chi connectivity index (χ4v) is 11.7. The lowest BCUT2D eigenvalue weighted by molar-refractivity contribution is 0.660. The number of nitrogens with zero attached hydrogens (tertiary/aromatic N) is 1. The van der Waals surface area contributed by atoms with Crippen LogP contribution < -0.4 is 4.90 Å². The Bertz CT molecular complexity index is 3480. The molecule has 65 heavy (non-hydrogen) atoms. The van der Waals surface area contributed by atoms with Gasteiger partial charge in [0.15, 0.2) is 0 Å². The molecule has 0 heterocycles. The van der Waals surface area contributed by atoms with Crippen LogP contribution >= 0.6 is 0 Å². The minimum absolute atomic E-state index is 0.156. The van der Waals surface area contributed by atoms with Crippen LogP contribution in [-0.2, 0) is 10.8 Å². The van der Waals surface area contributed by atoms with E-state index in [1.54, 1.807) is 0 Å². The molecule has 10 aromatic rings. The summed E-state index contributed by atoms with van der Waals surface area (Å²) in [5, 5.41) is 0. The van der Waals surface area contributed by atoms with Gasteiger partial charge in [0.25, 0.3) is 0 Å². The van der Waals surface area contributed by atoms with Crippen molar-refractivity contribution in [3.8, 4) is 66.8 Å². The molecule has 1 spiro atoms. The van der Waals surface area contributed by atoms with E-state index in [1.165, 1.54) is 106 Å². The Labute approximate surface area is 381 Å². The van der Waals surface area contributed by atoms with Gasteiger partial charge in [0.1, 0.15) is 0 Å². The van der Waals surface area contributed by atoms with Crippen LogP contribution in [0, 0.1) is 0 Å². The summed E-state index contributed by atoms with van der Waals surface area (Å²) >= 11 is 0. The van der Waals surface area contributed by atoms with Gasteiger partial charge < -0.3 is 4.90 Å². The number of hydrogen-bond acceptors (Lipinski definition) is 1. The van der Waals surface area contributed by atoms with E-state index >= 15 is 0 Å². The van der Waals surface area contributed by atoms with Crippen molar-refractivity contribution in [1.82, 2.24) is 0 Å². The number of anilines is 3. The molecule has 0 saturated carbocycles. The molecule has 0 fully saturated rings. The SMILES string of the molecule is CC1(C)c2ccccc2-c2ccc(N(c3ccc(-c4ccc(-c5ccccc5)cc4)cc3)c3cccc4c3C3(c5ccccc5-c5ccc(-c6ccccc6)cc53)c3ccccc3-4)cc21. The molecule has 1 atom stereocenters. The van der Waals surface area contributed by atoms with Gasteiger partial charge in [-0.2, -0.15) is 0 Å². The summed E-state index contributed by atoms with van der Waals surface area (Å²) in [5.74, 6) is 0. The molecule has 0 saturated heterocycles. The van der Waals surface area contributed by atoms with Gasteiger partial charge in [-0.05, 0) is 131 Å². The van der Waals surface area contributed by atoms with Crippen LogP contribution in [0.4, 0.5) is 17.1 Å². The van der Waals surface area contributed by atoms with E-state index in [-0.39, 0.29) is 5.41 Å². The Morgan fingerprint density at radius 3 is 1.32 bits per heavy atom. The van der Waals surface area contributed by atoms with Gasteiger partial charge in [-0.25, -0.2) is 0 Å². The third kappa shape index (κ3) is 5.46. The van der Waals surface area contributed by atoms with Crippen LogP contribution in [0.3, 0.4) is 0 Å². The van der Waals surface area contributed by atoms with Gasteiger partial charge >= 0.3 is 0 Å². The molecule has 0 amide bonds. The van der Waals surface area contributed by atoms with E-state index < -0.39 is 5.41 Å². The maximum atomic E-state index is 2.55. The number of rotatable bonds is 6. The highest BCUT2D eigenvalue weighted by Gasteiger charge is 2.53. The quantitative estimate of drug-likeness (QED) is 0.161. The van der Waals surface area contributed by atoms with Crippen LogP contribution in [-0.4, -0.2) is 0 Å². The lowest BCUT2D eigenvalue weighted by Crippen LogP contribution is -2.28.